The average Bonchev–Trinajstić information content (AvgIpc) is 3.12. The maximum Gasteiger partial charge on any atom is 0.252 e. The van der Waals surface area contributed by atoms with Crippen LogP contribution in [-0.4, -0.2) is 48.9 Å². The quantitative estimate of drug-likeness (QED) is 0.829. The van der Waals surface area contributed by atoms with Crippen molar-refractivity contribution in [3.63, 3.8) is 0 Å². The second-order valence-electron chi connectivity index (χ2n) is 5.57. The third-order valence-corrected chi connectivity index (χ3v) is 7.63. The van der Waals surface area contributed by atoms with Crippen LogP contribution in [0.2, 0.25) is 0 Å². The summed E-state index contributed by atoms with van der Waals surface area (Å²) in [5, 5.41) is 5.67. The van der Waals surface area contributed by atoms with Gasteiger partial charge in [0, 0.05) is 31.9 Å². The van der Waals surface area contributed by atoms with Crippen molar-refractivity contribution in [1.82, 2.24) is 9.21 Å². The SMILES string of the molecule is Cc1ccccc1NC(=S)N1CCN(S(=O)(=O)c2cccs2)CC1. The number of thiocarbonyl (C=S) groups is 1. The molecule has 0 amide bonds. The van der Waals surface area contributed by atoms with Crippen molar-refractivity contribution in [2.45, 2.75) is 11.1 Å². The fourth-order valence-corrected chi connectivity index (χ4v) is 5.44. The molecule has 5 nitrogen and oxygen atoms in total. The molecule has 3 rings (SSSR count). The smallest absolute Gasteiger partial charge is 0.252 e. The Labute approximate surface area is 152 Å². The molecule has 8 heteroatoms. The number of hydrogen-bond acceptors (Lipinski definition) is 4. The lowest BCUT2D eigenvalue weighted by atomic mass is 10.2. The normalized spacial score (nSPS) is 16.1. The largest absolute Gasteiger partial charge is 0.346 e. The number of aryl methyl sites for hydroxylation is 1. The van der Waals surface area contributed by atoms with Crippen LogP contribution >= 0.6 is 23.6 Å². The van der Waals surface area contributed by atoms with E-state index in [2.05, 4.69) is 5.32 Å². The predicted octanol–water partition coefficient (Wildman–Crippen LogP) is 2.76. The number of hydrogen-bond donors (Lipinski definition) is 1. The molecule has 128 valence electrons. The number of sulfonamides is 1. The van der Waals surface area contributed by atoms with Crippen LogP contribution in [0.5, 0.6) is 0 Å². The fraction of sp³-hybridized carbons (Fsp3) is 0.312. The van der Waals surface area contributed by atoms with Crippen LogP contribution in [-0.2, 0) is 10.0 Å². The second kappa shape index (κ2) is 7.18. The van der Waals surface area contributed by atoms with Gasteiger partial charge in [0.1, 0.15) is 4.21 Å². The van der Waals surface area contributed by atoms with Gasteiger partial charge in [0.2, 0.25) is 0 Å². The maximum absolute atomic E-state index is 12.5. The van der Waals surface area contributed by atoms with Gasteiger partial charge >= 0.3 is 0 Å². The van der Waals surface area contributed by atoms with E-state index < -0.39 is 10.0 Å². The third kappa shape index (κ3) is 3.61. The predicted molar refractivity (Wildman–Crippen MR) is 102 cm³/mol. The summed E-state index contributed by atoms with van der Waals surface area (Å²) in [7, 11) is -3.37. The Hall–Kier alpha value is -1.48. The number of benzene rings is 1. The second-order valence-corrected chi connectivity index (χ2v) is 9.07. The van der Waals surface area contributed by atoms with E-state index in [-0.39, 0.29) is 0 Å². The minimum Gasteiger partial charge on any atom is -0.346 e. The lowest BCUT2D eigenvalue weighted by Crippen LogP contribution is -2.51. The Kier molecular flexibility index (Phi) is 5.19. The number of piperazine rings is 1. The van der Waals surface area contributed by atoms with Crippen LogP contribution in [0, 0.1) is 6.92 Å². The van der Waals surface area contributed by atoms with E-state index >= 15 is 0 Å². The molecule has 0 saturated carbocycles. The topological polar surface area (TPSA) is 52.6 Å². The fourth-order valence-electron chi connectivity index (χ4n) is 2.58. The van der Waals surface area contributed by atoms with Crippen LogP contribution in [0.4, 0.5) is 5.69 Å². The Morgan fingerprint density at radius 3 is 2.46 bits per heavy atom. The molecule has 0 radical (unpaired) electrons. The van der Waals surface area contributed by atoms with E-state index in [1.165, 1.54) is 15.6 Å². The number of anilines is 1. The summed E-state index contributed by atoms with van der Waals surface area (Å²) < 4.78 is 27.0. The van der Waals surface area contributed by atoms with Crippen LogP contribution < -0.4 is 5.32 Å². The van der Waals surface area contributed by atoms with E-state index in [0.717, 1.165) is 11.3 Å². The molecule has 0 unspecified atom stereocenters. The first-order valence-corrected chi connectivity index (χ1v) is 10.4. The molecule has 1 aromatic heterocycles. The van der Waals surface area contributed by atoms with Crippen molar-refractivity contribution in [2.24, 2.45) is 0 Å². The molecule has 0 aliphatic carbocycles. The molecular weight excluding hydrogens is 362 g/mol. The van der Waals surface area contributed by atoms with Crippen LogP contribution in [0.1, 0.15) is 5.56 Å². The first kappa shape index (κ1) is 17.3. The van der Waals surface area contributed by atoms with E-state index in [0.29, 0.717) is 35.5 Å². The standard InChI is InChI=1S/C16H19N3O2S3/c1-13-5-2-3-6-14(13)17-16(22)18-8-10-19(11-9-18)24(20,21)15-7-4-12-23-15/h2-7,12H,8-11H2,1H3,(H,17,22). The summed E-state index contributed by atoms with van der Waals surface area (Å²) in [5.41, 5.74) is 2.11. The van der Waals surface area contributed by atoms with Crippen LogP contribution in [0.3, 0.4) is 0 Å². The monoisotopic (exact) mass is 381 g/mol. The Balaban J connectivity index is 1.61. The Morgan fingerprint density at radius 1 is 1.12 bits per heavy atom. The average molecular weight is 382 g/mol. The van der Waals surface area contributed by atoms with Gasteiger partial charge in [-0.2, -0.15) is 4.31 Å². The summed E-state index contributed by atoms with van der Waals surface area (Å²) in [6.45, 7) is 4.08. The van der Waals surface area contributed by atoms with Gasteiger partial charge in [0.25, 0.3) is 10.0 Å². The molecular formula is C16H19N3O2S3. The molecule has 24 heavy (non-hydrogen) atoms. The minimum atomic E-state index is -3.37. The van der Waals surface area contributed by atoms with Crippen molar-refractivity contribution in [2.75, 3.05) is 31.5 Å². The maximum atomic E-state index is 12.5. The molecule has 1 saturated heterocycles. The number of nitrogens with zero attached hydrogens (tertiary/aromatic N) is 2. The zero-order valence-corrected chi connectivity index (χ0v) is 15.8. The van der Waals surface area contributed by atoms with Gasteiger partial charge in [0.05, 0.1) is 0 Å². The lowest BCUT2D eigenvalue weighted by molar-refractivity contribution is 0.269. The van der Waals surface area contributed by atoms with Crippen molar-refractivity contribution in [1.29, 1.82) is 0 Å². The molecule has 1 aliphatic heterocycles. The lowest BCUT2D eigenvalue weighted by Gasteiger charge is -2.35. The number of thiophene rings is 1. The Bertz CT molecular complexity index is 811. The van der Waals surface area contributed by atoms with Crippen LogP contribution in [0.15, 0.2) is 46.0 Å². The van der Waals surface area contributed by atoms with Gasteiger partial charge in [-0.05, 0) is 42.2 Å². The third-order valence-electron chi connectivity index (χ3n) is 4.00. The van der Waals surface area contributed by atoms with Crippen molar-refractivity contribution >= 4 is 44.4 Å². The van der Waals surface area contributed by atoms with E-state index in [4.69, 9.17) is 12.2 Å². The van der Waals surface area contributed by atoms with Crippen molar-refractivity contribution in [3.8, 4) is 0 Å². The summed E-state index contributed by atoms with van der Waals surface area (Å²) >= 11 is 6.73. The first-order valence-electron chi connectivity index (χ1n) is 7.64. The molecule has 0 bridgehead atoms. The summed E-state index contributed by atoms with van der Waals surface area (Å²) in [6.07, 6.45) is 0. The van der Waals surface area contributed by atoms with E-state index in [9.17, 15) is 8.42 Å². The van der Waals surface area contributed by atoms with Gasteiger partial charge in [-0.3, -0.25) is 0 Å². The number of para-hydroxylation sites is 1. The van der Waals surface area contributed by atoms with E-state index in [1.54, 1.807) is 17.5 Å². The zero-order chi connectivity index (χ0) is 17.2. The molecule has 0 atom stereocenters. The van der Waals surface area contributed by atoms with Crippen molar-refractivity contribution < 1.29 is 8.42 Å². The van der Waals surface area contributed by atoms with Gasteiger partial charge in [-0.15, -0.1) is 11.3 Å². The summed E-state index contributed by atoms with van der Waals surface area (Å²) in [6, 6.07) is 11.4. The molecule has 2 heterocycles. The van der Waals surface area contributed by atoms with E-state index in [1.807, 2.05) is 36.1 Å². The molecule has 1 fully saturated rings. The summed E-state index contributed by atoms with van der Waals surface area (Å²) in [5.74, 6) is 0. The highest BCUT2D eigenvalue weighted by Crippen LogP contribution is 2.22. The number of nitrogens with one attached hydrogen (secondary N) is 1. The number of rotatable bonds is 3. The zero-order valence-electron chi connectivity index (χ0n) is 13.3. The van der Waals surface area contributed by atoms with Crippen LogP contribution in [0.25, 0.3) is 0 Å². The van der Waals surface area contributed by atoms with Gasteiger partial charge in [-0.1, -0.05) is 24.3 Å². The molecule has 0 spiro atoms. The molecule has 1 aliphatic rings. The highest BCUT2D eigenvalue weighted by atomic mass is 32.2. The minimum absolute atomic E-state index is 0.400. The molecule has 1 aromatic carbocycles. The molecule has 1 N–H and O–H groups in total. The van der Waals surface area contributed by atoms with Gasteiger partial charge < -0.3 is 10.2 Å². The highest BCUT2D eigenvalue weighted by molar-refractivity contribution is 7.91. The first-order chi connectivity index (χ1) is 11.5. The van der Waals surface area contributed by atoms with Gasteiger partial charge in [-0.25, -0.2) is 8.42 Å². The molecule has 2 aromatic rings. The highest BCUT2D eigenvalue weighted by Gasteiger charge is 2.29. The van der Waals surface area contributed by atoms with Gasteiger partial charge in [0.15, 0.2) is 5.11 Å². The summed E-state index contributed by atoms with van der Waals surface area (Å²) in [4.78, 5) is 2.02. The Morgan fingerprint density at radius 2 is 1.83 bits per heavy atom. The van der Waals surface area contributed by atoms with Crippen molar-refractivity contribution in [3.05, 3.63) is 47.3 Å².